The number of aliphatic carboxylic acids is 1. The third kappa shape index (κ3) is 8.71. The van der Waals surface area contributed by atoms with Crippen molar-refractivity contribution < 1.29 is 32.4 Å². The summed E-state index contributed by atoms with van der Waals surface area (Å²) >= 11 is 0. The highest BCUT2D eigenvalue weighted by Crippen LogP contribution is 2.23. The zero-order chi connectivity index (χ0) is 18.0. The molecule has 7 nitrogen and oxygen atoms in total. The van der Waals surface area contributed by atoms with Crippen LogP contribution >= 0.6 is 0 Å². The molecule has 2 N–H and O–H groups in total. The van der Waals surface area contributed by atoms with Crippen LogP contribution in [0.25, 0.3) is 0 Å². The maximum atomic E-state index is 12.1. The van der Waals surface area contributed by atoms with E-state index in [0.717, 1.165) is 31.8 Å². The van der Waals surface area contributed by atoms with Gasteiger partial charge in [0.15, 0.2) is 0 Å². The van der Waals surface area contributed by atoms with Crippen molar-refractivity contribution in [1.29, 1.82) is 0 Å². The van der Waals surface area contributed by atoms with E-state index in [1.807, 2.05) is 13.8 Å². The van der Waals surface area contributed by atoms with Gasteiger partial charge in [-0.05, 0) is 18.8 Å². The number of unbranched alkanes of at least 4 members (excludes halogenated alkanes) is 1. The predicted molar refractivity (Wildman–Crippen MR) is 85.4 cm³/mol. The topological polar surface area (TPSA) is 118 Å². The Morgan fingerprint density at radius 2 is 1.78 bits per heavy atom. The number of carboxylic acids is 1. The maximum absolute atomic E-state index is 12.1. The van der Waals surface area contributed by atoms with Crippen molar-refractivity contribution in [3.05, 3.63) is 11.6 Å². The molecule has 0 aromatic heterocycles. The molecule has 0 bridgehead atoms. The lowest BCUT2D eigenvalue weighted by Gasteiger charge is -2.18. The fourth-order valence-corrected chi connectivity index (χ4v) is 2.78. The standard InChI is InChI=1S/C15H26O7S/c1-4-7-8-11(5-2)9-12(10-13(16)17)15(18)22-14(6-3)23(19,20)21/h10-11,14H,4-9H2,1-3H3,(H,16,17)(H,19,20,21). The van der Waals surface area contributed by atoms with Crippen LogP contribution in [0.5, 0.6) is 0 Å². The van der Waals surface area contributed by atoms with E-state index < -0.39 is 27.5 Å². The minimum absolute atomic E-state index is 0.0949. The molecule has 2 atom stereocenters. The van der Waals surface area contributed by atoms with E-state index in [1.165, 1.54) is 6.92 Å². The Bertz CT molecular complexity index is 522. The molecule has 0 heterocycles. The molecule has 0 fully saturated rings. The number of esters is 1. The van der Waals surface area contributed by atoms with Crippen LogP contribution in [0, 0.1) is 5.92 Å². The molecule has 0 spiro atoms. The Labute approximate surface area is 137 Å². The lowest BCUT2D eigenvalue weighted by Crippen LogP contribution is -2.27. The largest absolute Gasteiger partial charge is 0.478 e. The van der Waals surface area contributed by atoms with Gasteiger partial charge in [0.05, 0.1) is 0 Å². The second kappa shape index (κ2) is 10.4. The van der Waals surface area contributed by atoms with E-state index in [9.17, 15) is 18.0 Å². The predicted octanol–water partition coefficient (Wildman–Crippen LogP) is 2.77. The van der Waals surface area contributed by atoms with E-state index in [4.69, 9.17) is 14.4 Å². The highest BCUT2D eigenvalue weighted by molar-refractivity contribution is 7.86. The Balaban J connectivity index is 5.17. The molecule has 8 heteroatoms. The second-order valence-electron chi connectivity index (χ2n) is 5.39. The van der Waals surface area contributed by atoms with Gasteiger partial charge < -0.3 is 9.84 Å². The van der Waals surface area contributed by atoms with Crippen LogP contribution in [0.1, 0.15) is 59.3 Å². The lowest BCUT2D eigenvalue weighted by molar-refractivity contribution is -0.142. The van der Waals surface area contributed by atoms with Gasteiger partial charge in [0.2, 0.25) is 5.44 Å². The van der Waals surface area contributed by atoms with Crippen molar-refractivity contribution in [1.82, 2.24) is 0 Å². The molecule has 0 aliphatic rings. The van der Waals surface area contributed by atoms with Crippen LogP contribution in [0.2, 0.25) is 0 Å². The Morgan fingerprint density at radius 1 is 1.17 bits per heavy atom. The van der Waals surface area contributed by atoms with Gasteiger partial charge in [0.25, 0.3) is 0 Å². The Morgan fingerprint density at radius 3 is 2.17 bits per heavy atom. The summed E-state index contributed by atoms with van der Waals surface area (Å²) in [6.07, 6.45) is 4.36. The van der Waals surface area contributed by atoms with Gasteiger partial charge in [-0.25, -0.2) is 9.59 Å². The summed E-state index contributed by atoms with van der Waals surface area (Å²) in [5.41, 5.74) is -1.79. The van der Waals surface area contributed by atoms with Gasteiger partial charge in [0, 0.05) is 11.6 Å². The fourth-order valence-electron chi connectivity index (χ4n) is 2.15. The zero-order valence-electron chi connectivity index (χ0n) is 13.8. The summed E-state index contributed by atoms with van der Waals surface area (Å²) < 4.78 is 36.0. The van der Waals surface area contributed by atoms with Crippen molar-refractivity contribution in [3.63, 3.8) is 0 Å². The second-order valence-corrected chi connectivity index (χ2v) is 6.94. The van der Waals surface area contributed by atoms with Crippen LogP contribution < -0.4 is 0 Å². The third-order valence-electron chi connectivity index (χ3n) is 3.52. The quantitative estimate of drug-likeness (QED) is 0.334. The van der Waals surface area contributed by atoms with Crippen molar-refractivity contribution in [2.45, 2.75) is 64.7 Å². The van der Waals surface area contributed by atoms with Crippen LogP contribution in [-0.4, -0.2) is 35.5 Å². The minimum Gasteiger partial charge on any atom is -0.478 e. The van der Waals surface area contributed by atoms with Crippen LogP contribution in [0.3, 0.4) is 0 Å². The molecule has 0 saturated heterocycles. The molecule has 0 aliphatic carbocycles. The first-order valence-electron chi connectivity index (χ1n) is 7.76. The molecule has 0 radical (unpaired) electrons. The van der Waals surface area contributed by atoms with Crippen molar-refractivity contribution in [2.75, 3.05) is 0 Å². The minimum atomic E-state index is -4.54. The average molecular weight is 350 g/mol. The molecule has 0 saturated carbocycles. The monoisotopic (exact) mass is 350 g/mol. The summed E-state index contributed by atoms with van der Waals surface area (Å²) in [5.74, 6) is -2.21. The Hall–Kier alpha value is -1.41. The highest BCUT2D eigenvalue weighted by atomic mass is 32.2. The summed E-state index contributed by atoms with van der Waals surface area (Å²) in [4.78, 5) is 23.0. The van der Waals surface area contributed by atoms with E-state index in [2.05, 4.69) is 0 Å². The summed E-state index contributed by atoms with van der Waals surface area (Å²) in [7, 11) is -4.54. The summed E-state index contributed by atoms with van der Waals surface area (Å²) in [6, 6.07) is 0. The molecule has 0 aliphatic heterocycles. The first kappa shape index (κ1) is 21.6. The SMILES string of the molecule is CCCCC(CC)CC(=CC(=O)O)C(=O)OC(CC)S(=O)(=O)O. The van der Waals surface area contributed by atoms with Crippen molar-refractivity contribution in [3.8, 4) is 0 Å². The number of carboxylic acid groups (broad SMARTS) is 1. The zero-order valence-corrected chi connectivity index (χ0v) is 14.6. The van der Waals surface area contributed by atoms with Crippen LogP contribution in [0.15, 0.2) is 11.6 Å². The highest BCUT2D eigenvalue weighted by Gasteiger charge is 2.27. The number of hydrogen-bond acceptors (Lipinski definition) is 5. The molecule has 2 unspecified atom stereocenters. The van der Waals surface area contributed by atoms with Gasteiger partial charge in [-0.2, -0.15) is 8.42 Å². The molecule has 23 heavy (non-hydrogen) atoms. The van der Waals surface area contributed by atoms with Gasteiger partial charge in [-0.1, -0.05) is 46.5 Å². The smallest absolute Gasteiger partial charge is 0.335 e. The van der Waals surface area contributed by atoms with Gasteiger partial charge in [-0.15, -0.1) is 0 Å². The number of carbonyl (C=O) groups excluding carboxylic acids is 1. The number of rotatable bonds is 11. The number of ether oxygens (including phenoxy) is 1. The van der Waals surface area contributed by atoms with Crippen molar-refractivity contribution >= 4 is 22.1 Å². The first-order chi connectivity index (χ1) is 10.6. The molecule has 0 aromatic carbocycles. The van der Waals surface area contributed by atoms with Crippen LogP contribution in [0.4, 0.5) is 0 Å². The van der Waals surface area contributed by atoms with Crippen LogP contribution in [-0.2, 0) is 24.4 Å². The van der Waals surface area contributed by atoms with Gasteiger partial charge in [-0.3, -0.25) is 4.55 Å². The number of carbonyl (C=O) groups is 2. The third-order valence-corrected chi connectivity index (χ3v) is 4.61. The number of hydrogen-bond donors (Lipinski definition) is 2. The summed E-state index contributed by atoms with van der Waals surface area (Å²) in [5, 5.41) is 8.89. The molecule has 134 valence electrons. The Kier molecular flexibility index (Phi) is 9.74. The van der Waals surface area contributed by atoms with Crippen molar-refractivity contribution in [2.24, 2.45) is 5.92 Å². The maximum Gasteiger partial charge on any atom is 0.335 e. The first-order valence-corrected chi connectivity index (χ1v) is 9.26. The molecular formula is C15H26O7S. The molecule has 0 rings (SSSR count). The summed E-state index contributed by atoms with van der Waals surface area (Å²) in [6.45, 7) is 5.41. The lowest BCUT2D eigenvalue weighted by atomic mass is 9.91. The van der Waals surface area contributed by atoms with E-state index >= 15 is 0 Å². The molecular weight excluding hydrogens is 324 g/mol. The van der Waals surface area contributed by atoms with Gasteiger partial charge in [0.1, 0.15) is 0 Å². The molecule has 0 amide bonds. The van der Waals surface area contributed by atoms with E-state index in [1.54, 1.807) is 0 Å². The van der Waals surface area contributed by atoms with Gasteiger partial charge >= 0.3 is 22.1 Å². The van der Waals surface area contributed by atoms with E-state index in [0.29, 0.717) is 0 Å². The average Bonchev–Trinajstić information content (AvgIpc) is 2.45. The normalized spacial score (nSPS) is 15.0. The van der Waals surface area contributed by atoms with E-state index in [-0.39, 0.29) is 24.3 Å². The fraction of sp³-hybridized carbons (Fsp3) is 0.733. The molecule has 0 aromatic rings.